The lowest BCUT2D eigenvalue weighted by molar-refractivity contribution is -0.123. The maximum absolute atomic E-state index is 12.8. The molecule has 2 aliphatic heterocycles. The van der Waals surface area contributed by atoms with Gasteiger partial charge in [-0.1, -0.05) is 6.92 Å². The number of hydrogen-bond donors (Lipinski definition) is 1. The van der Waals surface area contributed by atoms with Gasteiger partial charge in [0.15, 0.2) is 5.82 Å². The number of piperidine rings is 1. The lowest BCUT2D eigenvalue weighted by atomic mass is 9.97. The number of rotatable bonds is 8. The Hall–Kier alpha value is -2.32. The normalized spacial score (nSPS) is 20.1. The minimum absolute atomic E-state index is 0.0425. The molecule has 0 radical (unpaired) electrons. The summed E-state index contributed by atoms with van der Waals surface area (Å²) in [6.45, 7) is 7.76. The monoisotopic (exact) mass is 412 g/mol. The molecule has 0 bridgehead atoms. The first kappa shape index (κ1) is 20.9. The number of carbonyl (C=O) groups is 1. The number of hydrogen-bond acceptors (Lipinski definition) is 6. The second-order valence-electron chi connectivity index (χ2n) is 8.11. The third-order valence-electron chi connectivity index (χ3n) is 6.18. The molecule has 1 atom stereocenters. The largest absolute Gasteiger partial charge is 0.378 e. The van der Waals surface area contributed by atoms with E-state index in [2.05, 4.69) is 36.9 Å². The molecule has 8 heteroatoms. The van der Waals surface area contributed by atoms with E-state index in [9.17, 15) is 4.79 Å². The zero-order chi connectivity index (χ0) is 20.8. The minimum Gasteiger partial charge on any atom is -0.378 e. The third kappa shape index (κ3) is 4.87. The number of pyridine rings is 1. The molecule has 8 nitrogen and oxygen atoms in total. The highest BCUT2D eigenvalue weighted by Crippen LogP contribution is 2.30. The standard InChI is InChI=1S/C22H32N6O2/c1-2-27-14-8-18(9-15-27)30-16-4-10-24-22(29)19-5-3-13-28-20(25-26-21(19)28)17-6-11-23-12-7-17/h6-7,11-12,18-19H,2-5,8-10,13-16H2,1H3,(H,24,29). The van der Waals surface area contributed by atoms with Crippen molar-refractivity contribution in [2.45, 2.75) is 57.6 Å². The fraction of sp³-hybridized carbons (Fsp3) is 0.636. The van der Waals surface area contributed by atoms with Gasteiger partial charge in [0.1, 0.15) is 5.82 Å². The molecule has 1 N–H and O–H groups in total. The van der Waals surface area contributed by atoms with Gasteiger partial charge < -0.3 is 19.5 Å². The van der Waals surface area contributed by atoms with Crippen LogP contribution in [0.15, 0.2) is 24.5 Å². The van der Waals surface area contributed by atoms with Crippen LogP contribution in [-0.4, -0.2) is 69.4 Å². The predicted octanol–water partition coefficient (Wildman–Crippen LogP) is 2.22. The van der Waals surface area contributed by atoms with Crippen molar-refractivity contribution in [2.75, 3.05) is 32.8 Å². The lowest BCUT2D eigenvalue weighted by Crippen LogP contribution is -2.37. The van der Waals surface area contributed by atoms with Crippen molar-refractivity contribution >= 4 is 5.91 Å². The van der Waals surface area contributed by atoms with Crippen LogP contribution in [0.4, 0.5) is 0 Å². The Kier molecular flexibility index (Phi) is 7.07. The summed E-state index contributed by atoms with van der Waals surface area (Å²) in [5.74, 6) is 1.39. The molecule has 4 heterocycles. The molecule has 0 spiro atoms. The predicted molar refractivity (Wildman–Crippen MR) is 114 cm³/mol. The van der Waals surface area contributed by atoms with Crippen molar-refractivity contribution in [3.05, 3.63) is 30.4 Å². The summed E-state index contributed by atoms with van der Waals surface area (Å²) in [4.78, 5) is 19.3. The van der Waals surface area contributed by atoms with E-state index in [1.807, 2.05) is 12.1 Å². The number of nitrogens with one attached hydrogen (secondary N) is 1. The fourth-order valence-corrected chi connectivity index (χ4v) is 4.39. The maximum atomic E-state index is 12.8. The Labute approximate surface area is 178 Å². The lowest BCUT2D eigenvalue weighted by Gasteiger charge is -2.30. The van der Waals surface area contributed by atoms with Gasteiger partial charge in [0.05, 0.1) is 12.0 Å². The van der Waals surface area contributed by atoms with Crippen molar-refractivity contribution in [1.82, 2.24) is 30.0 Å². The van der Waals surface area contributed by atoms with Crippen molar-refractivity contribution in [1.29, 1.82) is 0 Å². The van der Waals surface area contributed by atoms with Crippen molar-refractivity contribution in [3.63, 3.8) is 0 Å². The Morgan fingerprint density at radius 3 is 2.73 bits per heavy atom. The molecule has 2 aromatic heterocycles. The summed E-state index contributed by atoms with van der Waals surface area (Å²) in [7, 11) is 0. The molecule has 1 fully saturated rings. The van der Waals surface area contributed by atoms with Crippen LogP contribution in [0.5, 0.6) is 0 Å². The smallest absolute Gasteiger partial charge is 0.230 e. The zero-order valence-electron chi connectivity index (χ0n) is 17.8. The second kappa shape index (κ2) is 10.1. The zero-order valence-corrected chi connectivity index (χ0v) is 17.8. The van der Waals surface area contributed by atoms with Gasteiger partial charge in [-0.3, -0.25) is 9.78 Å². The van der Waals surface area contributed by atoms with Gasteiger partial charge in [-0.15, -0.1) is 10.2 Å². The molecule has 0 saturated carbocycles. The highest BCUT2D eigenvalue weighted by atomic mass is 16.5. The second-order valence-corrected chi connectivity index (χ2v) is 8.11. The van der Waals surface area contributed by atoms with Crippen LogP contribution in [0, 0.1) is 0 Å². The van der Waals surface area contributed by atoms with E-state index in [0.717, 1.165) is 75.5 Å². The van der Waals surface area contributed by atoms with Gasteiger partial charge in [0.25, 0.3) is 0 Å². The highest BCUT2D eigenvalue weighted by Gasteiger charge is 2.30. The molecule has 1 amide bonds. The SMILES string of the molecule is CCN1CCC(OCCCNC(=O)C2CCCn3c(-c4ccncc4)nnc32)CC1. The number of aromatic nitrogens is 4. The van der Waals surface area contributed by atoms with E-state index in [-0.39, 0.29) is 11.8 Å². The first-order chi connectivity index (χ1) is 14.8. The first-order valence-corrected chi connectivity index (χ1v) is 11.2. The van der Waals surface area contributed by atoms with Crippen LogP contribution in [0.1, 0.15) is 50.8 Å². The summed E-state index contributed by atoms with van der Waals surface area (Å²) in [6.07, 6.45) is 8.68. The van der Waals surface area contributed by atoms with Crippen molar-refractivity contribution < 1.29 is 9.53 Å². The summed E-state index contributed by atoms with van der Waals surface area (Å²) >= 11 is 0. The molecule has 2 aromatic rings. The van der Waals surface area contributed by atoms with Crippen LogP contribution < -0.4 is 5.32 Å². The molecule has 1 unspecified atom stereocenters. The summed E-state index contributed by atoms with van der Waals surface area (Å²) in [5.41, 5.74) is 0.978. The number of ether oxygens (including phenoxy) is 1. The Bertz CT molecular complexity index is 816. The third-order valence-corrected chi connectivity index (χ3v) is 6.18. The molecule has 162 valence electrons. The van der Waals surface area contributed by atoms with Crippen LogP contribution in [0.2, 0.25) is 0 Å². The van der Waals surface area contributed by atoms with Gasteiger partial charge in [-0.2, -0.15) is 0 Å². The molecule has 1 saturated heterocycles. The molecule has 2 aliphatic rings. The number of amides is 1. The fourth-order valence-electron chi connectivity index (χ4n) is 4.39. The maximum Gasteiger partial charge on any atom is 0.230 e. The first-order valence-electron chi connectivity index (χ1n) is 11.2. The van der Waals surface area contributed by atoms with Crippen LogP contribution in [0.3, 0.4) is 0 Å². The van der Waals surface area contributed by atoms with Gasteiger partial charge >= 0.3 is 0 Å². The van der Waals surface area contributed by atoms with Gasteiger partial charge in [0.2, 0.25) is 5.91 Å². The van der Waals surface area contributed by atoms with Gasteiger partial charge in [-0.25, -0.2) is 0 Å². The number of likely N-dealkylation sites (tertiary alicyclic amines) is 1. The minimum atomic E-state index is -0.235. The number of carbonyl (C=O) groups excluding carboxylic acids is 1. The Morgan fingerprint density at radius 1 is 1.17 bits per heavy atom. The van der Waals surface area contributed by atoms with E-state index in [1.165, 1.54) is 0 Å². The Morgan fingerprint density at radius 2 is 1.97 bits per heavy atom. The van der Waals surface area contributed by atoms with Crippen LogP contribution in [0.25, 0.3) is 11.4 Å². The highest BCUT2D eigenvalue weighted by molar-refractivity contribution is 5.83. The van der Waals surface area contributed by atoms with E-state index < -0.39 is 0 Å². The molecule has 30 heavy (non-hydrogen) atoms. The summed E-state index contributed by atoms with van der Waals surface area (Å²) in [5, 5.41) is 11.8. The van der Waals surface area contributed by atoms with E-state index in [0.29, 0.717) is 19.3 Å². The molecule has 0 aromatic carbocycles. The quantitative estimate of drug-likeness (QED) is 0.669. The summed E-state index contributed by atoms with van der Waals surface area (Å²) in [6, 6.07) is 3.85. The summed E-state index contributed by atoms with van der Waals surface area (Å²) < 4.78 is 8.08. The average molecular weight is 413 g/mol. The van der Waals surface area contributed by atoms with Crippen molar-refractivity contribution in [2.24, 2.45) is 0 Å². The molecular weight excluding hydrogens is 380 g/mol. The van der Waals surface area contributed by atoms with Crippen molar-refractivity contribution in [3.8, 4) is 11.4 Å². The van der Waals surface area contributed by atoms with E-state index in [4.69, 9.17) is 4.74 Å². The molecular formula is C22H32N6O2. The molecule has 4 rings (SSSR count). The van der Waals surface area contributed by atoms with Gasteiger partial charge in [0, 0.05) is 50.7 Å². The van der Waals surface area contributed by atoms with Crippen LogP contribution >= 0.6 is 0 Å². The number of fused-ring (bicyclic) bond motifs is 1. The van der Waals surface area contributed by atoms with Gasteiger partial charge in [-0.05, 0) is 50.8 Å². The topological polar surface area (TPSA) is 85.2 Å². The average Bonchev–Trinajstić information content (AvgIpc) is 3.24. The van der Waals surface area contributed by atoms with Crippen LogP contribution in [-0.2, 0) is 16.1 Å². The Balaban J connectivity index is 1.24. The van der Waals surface area contributed by atoms with E-state index in [1.54, 1.807) is 12.4 Å². The molecule has 0 aliphatic carbocycles. The number of nitrogens with zero attached hydrogens (tertiary/aromatic N) is 5. The van der Waals surface area contributed by atoms with E-state index >= 15 is 0 Å².